The second-order valence-corrected chi connectivity index (χ2v) is 9.77. The molecule has 0 bridgehead atoms. The molecular formula is C27H29ClN4O3. The van der Waals surface area contributed by atoms with Crippen LogP contribution in [0.15, 0.2) is 54.7 Å². The molecule has 7 nitrogen and oxygen atoms in total. The van der Waals surface area contributed by atoms with Gasteiger partial charge in [-0.15, -0.1) is 0 Å². The fourth-order valence-electron chi connectivity index (χ4n) is 4.32. The van der Waals surface area contributed by atoms with Crippen LogP contribution in [0.4, 0.5) is 5.95 Å². The lowest BCUT2D eigenvalue weighted by molar-refractivity contribution is -0.137. The summed E-state index contributed by atoms with van der Waals surface area (Å²) in [5, 5.41) is 3.59. The van der Waals surface area contributed by atoms with E-state index in [1.165, 1.54) is 0 Å². The van der Waals surface area contributed by atoms with Gasteiger partial charge in [0, 0.05) is 41.5 Å². The first-order valence-electron chi connectivity index (χ1n) is 12.1. The quantitative estimate of drug-likeness (QED) is 0.487. The molecule has 8 heteroatoms. The van der Waals surface area contributed by atoms with E-state index >= 15 is 0 Å². The van der Waals surface area contributed by atoms with E-state index in [0.29, 0.717) is 29.8 Å². The number of nitrogens with zero attached hydrogens (tertiary/aromatic N) is 3. The van der Waals surface area contributed by atoms with E-state index in [4.69, 9.17) is 21.3 Å². The van der Waals surface area contributed by atoms with Crippen LogP contribution in [0.5, 0.6) is 0 Å². The molecule has 2 amide bonds. The summed E-state index contributed by atoms with van der Waals surface area (Å²) in [6.07, 6.45) is 5.58. The molecule has 2 aliphatic rings. The Morgan fingerprint density at radius 1 is 1.11 bits per heavy atom. The van der Waals surface area contributed by atoms with Crippen LogP contribution < -0.4 is 5.32 Å². The fourth-order valence-corrected chi connectivity index (χ4v) is 4.45. The molecule has 2 heterocycles. The first-order chi connectivity index (χ1) is 17.0. The molecule has 3 aromatic rings. The monoisotopic (exact) mass is 492 g/mol. The lowest BCUT2D eigenvalue weighted by Crippen LogP contribution is -2.43. The van der Waals surface area contributed by atoms with E-state index in [0.717, 1.165) is 42.5 Å². The van der Waals surface area contributed by atoms with E-state index in [-0.39, 0.29) is 30.4 Å². The highest BCUT2D eigenvalue weighted by molar-refractivity contribution is 6.30. The molecule has 35 heavy (non-hydrogen) atoms. The molecule has 1 saturated carbocycles. The van der Waals surface area contributed by atoms with Crippen LogP contribution in [0.2, 0.25) is 5.02 Å². The molecule has 1 aliphatic heterocycles. The SMILES string of the molecule is Cc1ccc(-n2cc(-c3ccc(Cl)cc3)nc2NC(=O)CN(C[C@@H]2CCCO2)C(=O)C2CC2)cc1. The van der Waals surface area contributed by atoms with Crippen molar-refractivity contribution in [2.45, 2.75) is 38.7 Å². The van der Waals surface area contributed by atoms with Crippen LogP contribution in [0, 0.1) is 12.8 Å². The van der Waals surface area contributed by atoms with Crippen molar-refractivity contribution in [1.29, 1.82) is 0 Å². The van der Waals surface area contributed by atoms with Gasteiger partial charge in [-0.25, -0.2) is 4.98 Å². The first-order valence-corrected chi connectivity index (χ1v) is 12.5. The summed E-state index contributed by atoms with van der Waals surface area (Å²) in [7, 11) is 0. The number of carbonyl (C=O) groups is 2. The molecular weight excluding hydrogens is 464 g/mol. The van der Waals surface area contributed by atoms with Crippen molar-refractivity contribution in [3.05, 3.63) is 65.3 Å². The van der Waals surface area contributed by atoms with Gasteiger partial charge in [-0.2, -0.15) is 0 Å². The van der Waals surface area contributed by atoms with Crippen LogP contribution in [0.3, 0.4) is 0 Å². The number of benzene rings is 2. The third kappa shape index (κ3) is 5.74. The Kier molecular flexibility index (Phi) is 6.88. The molecule has 0 unspecified atom stereocenters. The Morgan fingerprint density at radius 3 is 2.51 bits per heavy atom. The van der Waals surface area contributed by atoms with Gasteiger partial charge < -0.3 is 9.64 Å². The zero-order chi connectivity index (χ0) is 24.4. The molecule has 1 saturated heterocycles. The summed E-state index contributed by atoms with van der Waals surface area (Å²) in [4.78, 5) is 32.4. The number of carbonyl (C=O) groups excluding carboxylic acids is 2. The minimum Gasteiger partial charge on any atom is -0.376 e. The second kappa shape index (κ2) is 10.2. The summed E-state index contributed by atoms with van der Waals surface area (Å²) in [5.74, 6) is 0.202. The van der Waals surface area contributed by atoms with Crippen LogP contribution >= 0.6 is 11.6 Å². The zero-order valence-electron chi connectivity index (χ0n) is 19.7. The third-order valence-corrected chi connectivity index (χ3v) is 6.68. The normalized spacial score (nSPS) is 17.4. The average molecular weight is 493 g/mol. The van der Waals surface area contributed by atoms with E-state index in [9.17, 15) is 9.59 Å². The number of aryl methyl sites for hydroxylation is 1. The highest BCUT2D eigenvalue weighted by Crippen LogP contribution is 2.31. The number of halogens is 1. The van der Waals surface area contributed by atoms with Gasteiger partial charge >= 0.3 is 0 Å². The van der Waals surface area contributed by atoms with Gasteiger partial charge in [-0.3, -0.25) is 19.5 Å². The van der Waals surface area contributed by atoms with Crippen molar-refractivity contribution < 1.29 is 14.3 Å². The van der Waals surface area contributed by atoms with Crippen LogP contribution in [-0.4, -0.2) is 52.1 Å². The Labute approximate surface area is 210 Å². The zero-order valence-corrected chi connectivity index (χ0v) is 20.5. The minimum atomic E-state index is -0.279. The van der Waals surface area contributed by atoms with Crippen molar-refractivity contribution in [2.75, 3.05) is 25.0 Å². The highest BCUT2D eigenvalue weighted by atomic mass is 35.5. The number of ether oxygens (including phenoxy) is 1. The van der Waals surface area contributed by atoms with Crippen molar-refractivity contribution >= 4 is 29.4 Å². The second-order valence-electron chi connectivity index (χ2n) is 9.34. The molecule has 1 N–H and O–H groups in total. The van der Waals surface area contributed by atoms with Gasteiger partial charge in [-0.1, -0.05) is 41.4 Å². The van der Waals surface area contributed by atoms with Gasteiger partial charge in [0.05, 0.1) is 11.8 Å². The van der Waals surface area contributed by atoms with Crippen molar-refractivity contribution in [3.8, 4) is 16.9 Å². The van der Waals surface area contributed by atoms with Crippen molar-refractivity contribution in [1.82, 2.24) is 14.5 Å². The summed E-state index contributed by atoms with van der Waals surface area (Å²) >= 11 is 6.05. The van der Waals surface area contributed by atoms with Gasteiger partial charge in [-0.05, 0) is 56.9 Å². The smallest absolute Gasteiger partial charge is 0.246 e. The van der Waals surface area contributed by atoms with Crippen LogP contribution in [0.25, 0.3) is 16.9 Å². The van der Waals surface area contributed by atoms with E-state index < -0.39 is 0 Å². The number of nitrogens with one attached hydrogen (secondary N) is 1. The molecule has 1 aliphatic carbocycles. The molecule has 182 valence electrons. The Hall–Kier alpha value is -3.16. The maximum absolute atomic E-state index is 13.2. The summed E-state index contributed by atoms with van der Waals surface area (Å²) < 4.78 is 7.58. The van der Waals surface area contributed by atoms with Gasteiger partial charge in [0.1, 0.15) is 6.54 Å². The molecule has 1 aromatic heterocycles. The Morgan fingerprint density at radius 2 is 1.86 bits per heavy atom. The Bertz CT molecular complexity index is 1200. The summed E-state index contributed by atoms with van der Waals surface area (Å²) in [5.41, 5.74) is 3.62. The molecule has 0 radical (unpaired) electrons. The lowest BCUT2D eigenvalue weighted by atomic mass is 10.2. The van der Waals surface area contributed by atoms with E-state index in [1.54, 1.807) is 4.90 Å². The number of hydrogen-bond donors (Lipinski definition) is 1. The summed E-state index contributed by atoms with van der Waals surface area (Å²) in [6, 6.07) is 15.4. The highest BCUT2D eigenvalue weighted by Gasteiger charge is 2.35. The van der Waals surface area contributed by atoms with Gasteiger partial charge in [0.25, 0.3) is 0 Å². The maximum Gasteiger partial charge on any atom is 0.246 e. The standard InChI is InChI=1S/C27H29ClN4O3/c1-18-4-12-22(13-5-18)32-16-24(19-8-10-21(28)11-9-19)29-27(32)30-25(33)17-31(26(34)20-6-7-20)15-23-3-2-14-35-23/h4-5,8-13,16,20,23H,2-3,6-7,14-15,17H2,1H3,(H,29,30,33)/t23-/m0/s1. The number of amides is 2. The predicted molar refractivity (Wildman–Crippen MR) is 136 cm³/mol. The van der Waals surface area contributed by atoms with Crippen LogP contribution in [0.1, 0.15) is 31.2 Å². The minimum absolute atomic E-state index is 0.00319. The number of hydrogen-bond acceptors (Lipinski definition) is 4. The average Bonchev–Trinajstić information content (AvgIpc) is 3.42. The lowest BCUT2D eigenvalue weighted by Gasteiger charge is -2.25. The van der Waals surface area contributed by atoms with E-state index in [2.05, 4.69) is 5.32 Å². The number of aromatic nitrogens is 2. The van der Waals surface area contributed by atoms with Crippen molar-refractivity contribution in [3.63, 3.8) is 0 Å². The largest absolute Gasteiger partial charge is 0.376 e. The maximum atomic E-state index is 13.2. The number of imidazole rings is 1. The van der Waals surface area contributed by atoms with Crippen LogP contribution in [-0.2, 0) is 14.3 Å². The third-order valence-electron chi connectivity index (χ3n) is 6.43. The summed E-state index contributed by atoms with van der Waals surface area (Å²) in [6.45, 7) is 3.17. The first kappa shape index (κ1) is 23.6. The number of anilines is 1. The number of rotatable bonds is 8. The predicted octanol–water partition coefficient (Wildman–Crippen LogP) is 4.86. The molecule has 1 atom stereocenters. The fraction of sp³-hybridized carbons (Fsp3) is 0.370. The van der Waals surface area contributed by atoms with E-state index in [1.807, 2.05) is 66.2 Å². The molecule has 5 rings (SSSR count). The van der Waals surface area contributed by atoms with Gasteiger partial charge in [0.15, 0.2) is 0 Å². The molecule has 0 spiro atoms. The van der Waals surface area contributed by atoms with Crippen molar-refractivity contribution in [2.24, 2.45) is 5.92 Å². The molecule has 2 fully saturated rings. The molecule has 2 aromatic carbocycles. The van der Waals surface area contributed by atoms with Gasteiger partial charge in [0.2, 0.25) is 17.8 Å². The Balaban J connectivity index is 1.38. The topological polar surface area (TPSA) is 76.5 Å².